The number of pyridine rings is 1. The first-order valence-electron chi connectivity index (χ1n) is 6.66. The van der Waals surface area contributed by atoms with Crippen LogP contribution >= 0.6 is 11.8 Å². The summed E-state index contributed by atoms with van der Waals surface area (Å²) >= 11 is 1.43. The molecular weight excluding hydrogens is 288 g/mol. The van der Waals surface area contributed by atoms with E-state index in [1.54, 1.807) is 18.3 Å². The molecule has 6 nitrogen and oxygen atoms in total. The molecule has 0 aromatic carbocycles. The smallest absolute Gasteiger partial charge is 0.254 e. The summed E-state index contributed by atoms with van der Waals surface area (Å²) in [6.07, 6.45) is 3.55. The number of carbonyl (C=O) groups is 1. The van der Waals surface area contributed by atoms with E-state index in [9.17, 15) is 4.79 Å². The van der Waals surface area contributed by atoms with Gasteiger partial charge in [0.1, 0.15) is 11.1 Å². The number of hydrogen-bond donors (Lipinski definition) is 1. The van der Waals surface area contributed by atoms with E-state index in [0.29, 0.717) is 22.4 Å². The van der Waals surface area contributed by atoms with Crippen molar-refractivity contribution in [3.05, 3.63) is 35.7 Å². The first-order chi connectivity index (χ1) is 10.0. The Morgan fingerprint density at radius 1 is 1.29 bits per heavy atom. The minimum Gasteiger partial charge on any atom is -0.423 e. The molecule has 2 aromatic rings. The topological polar surface area (TPSA) is 80.9 Å². The van der Waals surface area contributed by atoms with E-state index in [1.807, 2.05) is 27.0 Å². The molecular formula is C14H18N4O2S. The SMILES string of the molecule is CSc1ncccc1C(=O)N[C@H](C)c1nnc(C(C)C)o1. The van der Waals surface area contributed by atoms with Gasteiger partial charge in [-0.2, -0.15) is 0 Å². The highest BCUT2D eigenvalue weighted by molar-refractivity contribution is 7.98. The molecule has 21 heavy (non-hydrogen) atoms. The number of hydrogen-bond acceptors (Lipinski definition) is 6. The fourth-order valence-corrected chi connectivity index (χ4v) is 2.26. The summed E-state index contributed by atoms with van der Waals surface area (Å²) in [6.45, 7) is 5.76. The van der Waals surface area contributed by atoms with E-state index in [4.69, 9.17) is 4.42 Å². The van der Waals surface area contributed by atoms with Gasteiger partial charge in [0, 0.05) is 12.1 Å². The molecule has 2 heterocycles. The third kappa shape index (κ3) is 3.60. The number of aromatic nitrogens is 3. The predicted octanol–water partition coefficient (Wildman–Crippen LogP) is 2.80. The monoisotopic (exact) mass is 306 g/mol. The molecule has 0 bridgehead atoms. The maximum atomic E-state index is 12.3. The minimum absolute atomic E-state index is 0.163. The van der Waals surface area contributed by atoms with Crippen LogP contribution in [0.3, 0.4) is 0 Å². The highest BCUT2D eigenvalue weighted by atomic mass is 32.2. The van der Waals surface area contributed by atoms with E-state index in [1.165, 1.54) is 11.8 Å². The molecule has 0 aliphatic heterocycles. The maximum absolute atomic E-state index is 12.3. The van der Waals surface area contributed by atoms with Crippen LogP contribution in [0.5, 0.6) is 0 Å². The second-order valence-corrected chi connectivity index (χ2v) is 5.68. The van der Waals surface area contributed by atoms with Crippen molar-refractivity contribution >= 4 is 17.7 Å². The van der Waals surface area contributed by atoms with Gasteiger partial charge in [-0.25, -0.2) is 4.98 Å². The second kappa shape index (κ2) is 6.71. The van der Waals surface area contributed by atoms with Crippen LogP contribution in [0.2, 0.25) is 0 Å². The predicted molar refractivity (Wildman–Crippen MR) is 80.3 cm³/mol. The Kier molecular flexibility index (Phi) is 4.95. The average Bonchev–Trinajstić information content (AvgIpc) is 2.97. The zero-order chi connectivity index (χ0) is 15.4. The van der Waals surface area contributed by atoms with Gasteiger partial charge in [0.25, 0.3) is 5.91 Å². The van der Waals surface area contributed by atoms with Crippen molar-refractivity contribution in [1.29, 1.82) is 0 Å². The van der Waals surface area contributed by atoms with Gasteiger partial charge in [0.05, 0.1) is 5.56 Å². The number of nitrogens with zero attached hydrogens (tertiary/aromatic N) is 3. The van der Waals surface area contributed by atoms with Gasteiger partial charge in [-0.3, -0.25) is 4.79 Å². The fraction of sp³-hybridized carbons (Fsp3) is 0.429. The summed E-state index contributed by atoms with van der Waals surface area (Å²) in [5.74, 6) is 0.929. The van der Waals surface area contributed by atoms with Gasteiger partial charge in [-0.05, 0) is 25.3 Å². The third-order valence-electron chi connectivity index (χ3n) is 2.88. The van der Waals surface area contributed by atoms with Gasteiger partial charge in [-0.1, -0.05) is 13.8 Å². The Morgan fingerprint density at radius 3 is 2.62 bits per heavy atom. The molecule has 112 valence electrons. The standard InChI is InChI=1S/C14H18N4O2S/c1-8(2)12-17-18-13(20-12)9(3)16-11(19)10-6-5-7-15-14(10)21-4/h5-9H,1-4H3,(H,16,19)/t9-/m1/s1. The van der Waals surface area contributed by atoms with Crippen molar-refractivity contribution in [1.82, 2.24) is 20.5 Å². The van der Waals surface area contributed by atoms with E-state index in [0.717, 1.165) is 0 Å². The van der Waals surface area contributed by atoms with Gasteiger partial charge < -0.3 is 9.73 Å². The molecule has 0 spiro atoms. The Hall–Kier alpha value is -1.89. The van der Waals surface area contributed by atoms with Crippen molar-refractivity contribution in [2.45, 2.75) is 37.8 Å². The van der Waals surface area contributed by atoms with Crippen molar-refractivity contribution in [3.63, 3.8) is 0 Å². The zero-order valence-corrected chi connectivity index (χ0v) is 13.3. The lowest BCUT2D eigenvalue weighted by Crippen LogP contribution is -2.27. The Morgan fingerprint density at radius 2 is 2.00 bits per heavy atom. The number of nitrogens with one attached hydrogen (secondary N) is 1. The third-order valence-corrected chi connectivity index (χ3v) is 3.59. The Bertz CT molecular complexity index is 627. The number of thioether (sulfide) groups is 1. The summed E-state index contributed by atoms with van der Waals surface area (Å²) in [4.78, 5) is 16.5. The molecule has 1 amide bonds. The molecule has 0 aliphatic rings. The van der Waals surface area contributed by atoms with E-state index in [2.05, 4.69) is 20.5 Å². The van der Waals surface area contributed by atoms with Gasteiger partial charge >= 0.3 is 0 Å². The van der Waals surface area contributed by atoms with E-state index in [-0.39, 0.29) is 17.9 Å². The summed E-state index contributed by atoms with van der Waals surface area (Å²) in [5, 5.41) is 11.5. The Labute approximate surface area is 127 Å². The van der Waals surface area contributed by atoms with Crippen LogP contribution in [0, 0.1) is 0 Å². The van der Waals surface area contributed by atoms with Crippen molar-refractivity contribution < 1.29 is 9.21 Å². The highest BCUT2D eigenvalue weighted by Gasteiger charge is 2.19. The van der Waals surface area contributed by atoms with Crippen molar-refractivity contribution in [2.24, 2.45) is 0 Å². The van der Waals surface area contributed by atoms with Crippen LogP contribution in [0.1, 0.15) is 54.9 Å². The molecule has 0 saturated carbocycles. The summed E-state index contributed by atoms with van der Waals surface area (Å²) in [7, 11) is 0. The molecule has 0 aliphatic carbocycles. The summed E-state index contributed by atoms with van der Waals surface area (Å²) < 4.78 is 5.54. The quantitative estimate of drug-likeness (QED) is 0.855. The molecule has 0 fully saturated rings. The van der Waals surface area contributed by atoms with Crippen LogP contribution in [0.25, 0.3) is 0 Å². The van der Waals surface area contributed by atoms with Crippen LogP contribution < -0.4 is 5.32 Å². The van der Waals surface area contributed by atoms with Crippen LogP contribution in [-0.2, 0) is 0 Å². The maximum Gasteiger partial charge on any atom is 0.254 e. The molecule has 0 saturated heterocycles. The first kappa shape index (κ1) is 15.5. The lowest BCUT2D eigenvalue weighted by molar-refractivity contribution is 0.0930. The van der Waals surface area contributed by atoms with Crippen molar-refractivity contribution in [3.8, 4) is 0 Å². The molecule has 1 N–H and O–H groups in total. The molecule has 0 unspecified atom stereocenters. The zero-order valence-electron chi connectivity index (χ0n) is 12.5. The second-order valence-electron chi connectivity index (χ2n) is 4.89. The minimum atomic E-state index is -0.354. The van der Waals surface area contributed by atoms with Gasteiger partial charge in [-0.15, -0.1) is 22.0 Å². The fourth-order valence-electron chi connectivity index (χ4n) is 1.72. The average molecular weight is 306 g/mol. The number of carbonyl (C=O) groups excluding carboxylic acids is 1. The van der Waals surface area contributed by atoms with Crippen LogP contribution in [0.4, 0.5) is 0 Å². The molecule has 0 radical (unpaired) electrons. The van der Waals surface area contributed by atoms with E-state index < -0.39 is 0 Å². The molecule has 2 aromatic heterocycles. The summed E-state index contributed by atoms with van der Waals surface area (Å²) in [6, 6.07) is 3.13. The normalized spacial score (nSPS) is 12.4. The molecule has 7 heteroatoms. The largest absolute Gasteiger partial charge is 0.423 e. The van der Waals surface area contributed by atoms with Gasteiger partial charge in [0.2, 0.25) is 11.8 Å². The van der Waals surface area contributed by atoms with Crippen molar-refractivity contribution in [2.75, 3.05) is 6.26 Å². The van der Waals surface area contributed by atoms with Crippen LogP contribution in [-0.4, -0.2) is 27.3 Å². The Balaban J connectivity index is 2.11. The lowest BCUT2D eigenvalue weighted by Gasteiger charge is -2.11. The number of rotatable bonds is 5. The lowest BCUT2D eigenvalue weighted by atomic mass is 10.2. The van der Waals surface area contributed by atoms with Gasteiger partial charge in [0.15, 0.2) is 0 Å². The summed E-state index contributed by atoms with van der Waals surface area (Å²) in [5.41, 5.74) is 0.542. The highest BCUT2D eigenvalue weighted by Crippen LogP contribution is 2.19. The van der Waals surface area contributed by atoms with E-state index >= 15 is 0 Å². The number of amides is 1. The van der Waals surface area contributed by atoms with Crippen LogP contribution in [0.15, 0.2) is 27.8 Å². The molecule has 1 atom stereocenters. The first-order valence-corrected chi connectivity index (χ1v) is 7.88. The molecule has 2 rings (SSSR count).